The lowest BCUT2D eigenvalue weighted by molar-refractivity contribution is -0.922. The van der Waals surface area contributed by atoms with Crippen LogP contribution in [-0.4, -0.2) is 48.9 Å². The predicted molar refractivity (Wildman–Crippen MR) is 197 cm³/mol. The van der Waals surface area contributed by atoms with Crippen LogP contribution in [0.15, 0.2) is 120 Å². The van der Waals surface area contributed by atoms with Gasteiger partial charge in [0, 0.05) is 29.8 Å². The average molecular weight is 638 g/mol. The fourth-order valence-corrected chi connectivity index (χ4v) is 7.58. The van der Waals surface area contributed by atoms with E-state index < -0.39 is 0 Å². The summed E-state index contributed by atoms with van der Waals surface area (Å²) in [6.07, 6.45) is 12.2. The van der Waals surface area contributed by atoms with E-state index in [1.165, 1.54) is 22.3 Å². The number of aromatic nitrogens is 1. The van der Waals surface area contributed by atoms with Crippen molar-refractivity contribution in [2.45, 2.75) is 32.1 Å². The van der Waals surface area contributed by atoms with E-state index in [2.05, 4.69) is 132 Å². The molecule has 48 heavy (non-hydrogen) atoms. The summed E-state index contributed by atoms with van der Waals surface area (Å²) < 4.78 is 13.0. The fraction of sp³-hybridized carbons (Fsp3) is 0.279. The van der Waals surface area contributed by atoms with Gasteiger partial charge in [-0.25, -0.2) is 0 Å². The van der Waals surface area contributed by atoms with Crippen molar-refractivity contribution in [1.29, 1.82) is 0 Å². The van der Waals surface area contributed by atoms with Crippen LogP contribution in [0, 0.1) is 5.92 Å². The van der Waals surface area contributed by atoms with Crippen LogP contribution >= 0.6 is 0 Å². The number of nitrogens with one attached hydrogen (secondary N) is 1. The zero-order valence-electron chi connectivity index (χ0n) is 27.8. The molecule has 1 N–H and O–H groups in total. The third-order valence-corrected chi connectivity index (χ3v) is 10.2. The molecule has 0 amide bonds. The zero-order valence-corrected chi connectivity index (χ0v) is 27.8. The molecule has 5 nitrogen and oxygen atoms in total. The molecule has 0 radical (unpaired) electrons. The Kier molecular flexibility index (Phi) is 9.57. The van der Waals surface area contributed by atoms with E-state index in [1.807, 2.05) is 6.92 Å². The lowest BCUT2D eigenvalue weighted by Gasteiger charge is -2.44. The average Bonchev–Trinajstić information content (AvgIpc) is 3.13. The number of aryl methyl sites for hydroxylation is 1. The molecular weight excluding hydrogens is 592 g/mol. The summed E-state index contributed by atoms with van der Waals surface area (Å²) in [6.45, 7) is 7.39. The monoisotopic (exact) mass is 637 g/mol. The number of hydrogen-bond donors (Lipinski definition) is 1. The Hall–Kier alpha value is -4.87. The summed E-state index contributed by atoms with van der Waals surface area (Å²) in [6, 6.07) is 36.4. The van der Waals surface area contributed by atoms with Crippen molar-refractivity contribution in [1.82, 2.24) is 4.98 Å². The number of likely N-dealkylation sites (tertiary alicyclic amines) is 1. The smallest absolute Gasteiger partial charge is 0.251 e. The molecule has 1 saturated heterocycles. The lowest BCUT2D eigenvalue weighted by Crippen LogP contribution is -2.53. The van der Waals surface area contributed by atoms with Crippen LogP contribution in [0.2, 0.25) is 0 Å². The first-order valence-corrected chi connectivity index (χ1v) is 17.4. The van der Waals surface area contributed by atoms with Gasteiger partial charge in [0.2, 0.25) is 0 Å². The largest absolute Gasteiger partial charge is 0.486 e. The molecule has 1 aromatic heterocycles. The minimum Gasteiger partial charge on any atom is -0.486 e. The number of piperidine rings is 1. The lowest BCUT2D eigenvalue weighted by atomic mass is 9.75. The summed E-state index contributed by atoms with van der Waals surface area (Å²) >= 11 is 0. The Labute approximate surface area is 283 Å². The van der Waals surface area contributed by atoms with E-state index in [0.717, 1.165) is 71.5 Å². The summed E-state index contributed by atoms with van der Waals surface area (Å²) in [7, 11) is 0. The third kappa shape index (κ3) is 7.17. The normalized spacial score (nSPS) is 16.9. The molecule has 244 valence electrons. The Morgan fingerprint density at radius 3 is 2.00 bits per heavy atom. The number of quaternary nitrogens is 1. The van der Waals surface area contributed by atoms with E-state index >= 15 is 0 Å². The van der Waals surface area contributed by atoms with Crippen molar-refractivity contribution in [3.05, 3.63) is 153 Å². The Morgan fingerprint density at radius 1 is 0.750 bits per heavy atom. The van der Waals surface area contributed by atoms with Gasteiger partial charge in [-0.2, -0.15) is 0 Å². The first kappa shape index (κ1) is 31.7. The molecule has 0 aliphatic carbocycles. The van der Waals surface area contributed by atoms with Gasteiger partial charge in [-0.05, 0) is 82.5 Å². The fourth-order valence-electron chi connectivity index (χ4n) is 7.58. The molecule has 4 aromatic carbocycles. The van der Waals surface area contributed by atoms with Crippen LogP contribution in [0.4, 0.5) is 0 Å². The van der Waals surface area contributed by atoms with Crippen molar-refractivity contribution < 1.29 is 14.0 Å². The number of aromatic amines is 1. The maximum atomic E-state index is 12.6. The van der Waals surface area contributed by atoms with Crippen molar-refractivity contribution in [2.24, 2.45) is 5.92 Å². The van der Waals surface area contributed by atoms with Gasteiger partial charge >= 0.3 is 0 Å². The molecule has 2 aliphatic rings. The number of rotatable bonds is 10. The van der Waals surface area contributed by atoms with E-state index in [9.17, 15) is 4.79 Å². The Morgan fingerprint density at radius 2 is 1.35 bits per heavy atom. The molecule has 0 bridgehead atoms. The molecule has 1 unspecified atom stereocenters. The van der Waals surface area contributed by atoms with Crippen molar-refractivity contribution in [3.8, 4) is 11.5 Å². The second-order valence-corrected chi connectivity index (χ2v) is 13.3. The highest BCUT2D eigenvalue weighted by atomic mass is 16.6. The van der Waals surface area contributed by atoms with Gasteiger partial charge in [0.05, 0.1) is 26.2 Å². The summed E-state index contributed by atoms with van der Waals surface area (Å²) in [5.74, 6) is 2.31. The number of pyridine rings is 1. The van der Waals surface area contributed by atoms with Crippen molar-refractivity contribution >= 4 is 23.1 Å². The molecule has 1 atom stereocenters. The first-order chi connectivity index (χ1) is 23.6. The number of benzene rings is 4. The van der Waals surface area contributed by atoms with E-state index in [1.54, 1.807) is 0 Å². The minimum atomic E-state index is 0.00477. The highest BCUT2D eigenvalue weighted by Gasteiger charge is 2.37. The van der Waals surface area contributed by atoms with Crippen LogP contribution in [0.1, 0.15) is 53.5 Å². The van der Waals surface area contributed by atoms with E-state index in [0.29, 0.717) is 25.6 Å². The number of ether oxygens (including phenoxy) is 2. The number of hydrogen-bond acceptors (Lipinski definition) is 3. The van der Waals surface area contributed by atoms with Crippen molar-refractivity contribution in [3.63, 3.8) is 0 Å². The molecule has 5 aromatic rings. The molecule has 5 heteroatoms. The van der Waals surface area contributed by atoms with Gasteiger partial charge in [-0.3, -0.25) is 4.79 Å². The third-order valence-electron chi connectivity index (χ3n) is 10.2. The molecule has 2 aliphatic heterocycles. The van der Waals surface area contributed by atoms with Crippen LogP contribution < -0.4 is 15.0 Å². The molecule has 7 rings (SSSR count). The molecule has 3 heterocycles. The van der Waals surface area contributed by atoms with Crippen LogP contribution in [-0.2, 0) is 6.42 Å². The second-order valence-electron chi connectivity index (χ2n) is 13.3. The molecule has 1 fully saturated rings. The van der Waals surface area contributed by atoms with Gasteiger partial charge in [0.15, 0.2) is 11.5 Å². The standard InChI is InChI=1S/C43H44N2O3/c1-2-34-29-38-30-36(17-19-39(38)44-43(34)46)42(37-18-20-40-41(31-37)48-28-27-47-40)35-21-25-45(26-22-35,23-9-15-32-11-5-3-6-12-32)24-10-16-33-13-7-4-8-14-33/h3-20,29-31,35,42H,2,21-28H2,1H3/p+1/b15-9+,16-10+. The van der Waals surface area contributed by atoms with Gasteiger partial charge in [0.25, 0.3) is 5.56 Å². The van der Waals surface area contributed by atoms with Gasteiger partial charge in [-0.1, -0.05) is 91.9 Å². The SMILES string of the molecule is CCc1cc2cc(C(c3ccc4c(c3)OCCO4)C3CC[N+](C/C=C/c4ccccc4)(C/C=C/c4ccccc4)CC3)ccc2[nH]c1=O. The van der Waals surface area contributed by atoms with Crippen LogP contribution in [0.5, 0.6) is 11.5 Å². The van der Waals surface area contributed by atoms with Gasteiger partial charge < -0.3 is 18.9 Å². The Balaban J connectivity index is 1.20. The second kappa shape index (κ2) is 14.5. The number of H-pyrrole nitrogens is 1. The van der Waals surface area contributed by atoms with E-state index in [-0.39, 0.29) is 11.5 Å². The summed E-state index contributed by atoms with van der Waals surface area (Å²) in [5, 5.41) is 1.09. The summed E-state index contributed by atoms with van der Waals surface area (Å²) in [4.78, 5) is 15.7. The highest BCUT2D eigenvalue weighted by molar-refractivity contribution is 5.80. The maximum Gasteiger partial charge on any atom is 0.251 e. The van der Waals surface area contributed by atoms with Crippen LogP contribution in [0.25, 0.3) is 23.1 Å². The maximum absolute atomic E-state index is 12.6. The number of fused-ring (bicyclic) bond motifs is 2. The topological polar surface area (TPSA) is 51.3 Å². The van der Waals surface area contributed by atoms with Crippen LogP contribution in [0.3, 0.4) is 0 Å². The molecule has 0 spiro atoms. The predicted octanol–water partition coefficient (Wildman–Crippen LogP) is 8.65. The number of nitrogens with zero attached hydrogens (tertiary/aromatic N) is 1. The van der Waals surface area contributed by atoms with Gasteiger partial charge in [-0.15, -0.1) is 0 Å². The van der Waals surface area contributed by atoms with E-state index in [4.69, 9.17) is 9.47 Å². The summed E-state index contributed by atoms with van der Waals surface area (Å²) in [5.41, 5.74) is 6.74. The van der Waals surface area contributed by atoms with Gasteiger partial charge in [0.1, 0.15) is 13.2 Å². The molecule has 0 saturated carbocycles. The zero-order chi connectivity index (χ0) is 32.8. The minimum absolute atomic E-state index is 0.00477. The quantitative estimate of drug-likeness (QED) is 0.156. The highest BCUT2D eigenvalue weighted by Crippen LogP contribution is 2.43. The van der Waals surface area contributed by atoms with Crippen molar-refractivity contribution in [2.75, 3.05) is 39.4 Å². The molecular formula is C43H45N2O3+. The first-order valence-electron chi connectivity index (χ1n) is 17.4. The Bertz CT molecular complexity index is 1900.